The van der Waals surface area contributed by atoms with Gasteiger partial charge in [0.2, 0.25) is 0 Å². The number of hydrogen-bond acceptors (Lipinski definition) is 1. The third kappa shape index (κ3) is 2.29. The molecule has 0 radical (unpaired) electrons. The van der Waals surface area contributed by atoms with Crippen LogP contribution in [0.2, 0.25) is 0 Å². The molecule has 0 spiro atoms. The first-order valence-corrected chi connectivity index (χ1v) is 9.23. The van der Waals surface area contributed by atoms with Crippen LogP contribution in [-0.4, -0.2) is 4.98 Å². The van der Waals surface area contributed by atoms with Crippen molar-refractivity contribution in [1.82, 2.24) is 4.98 Å². The number of nitrogens with two attached hydrogens (primary N) is 1. The Bertz CT molecular complexity index is 880. The van der Waals surface area contributed by atoms with Crippen LogP contribution >= 0.6 is 0 Å². The molecule has 5 rings (SSSR count). The summed E-state index contributed by atoms with van der Waals surface area (Å²) in [4.78, 5) is 3.58. The van der Waals surface area contributed by atoms with E-state index < -0.39 is 0 Å². The summed E-state index contributed by atoms with van der Waals surface area (Å²) in [5.74, 6) is 0.747. The third-order valence-corrected chi connectivity index (χ3v) is 5.98. The van der Waals surface area contributed by atoms with Gasteiger partial charge in [0.15, 0.2) is 0 Å². The van der Waals surface area contributed by atoms with E-state index in [1.54, 1.807) is 11.1 Å². The fraction of sp³-hybridized carbons (Fsp3) is 0.364. The summed E-state index contributed by atoms with van der Waals surface area (Å²) in [7, 11) is 0. The molecule has 3 N–H and O–H groups in total. The summed E-state index contributed by atoms with van der Waals surface area (Å²) in [5, 5.41) is 1.41. The fourth-order valence-corrected chi connectivity index (χ4v) is 4.80. The van der Waals surface area contributed by atoms with Crippen molar-refractivity contribution in [3.63, 3.8) is 0 Å². The molecular weight excluding hydrogens is 292 g/mol. The molecule has 2 aliphatic rings. The Morgan fingerprint density at radius 3 is 2.62 bits per heavy atom. The zero-order valence-electron chi connectivity index (χ0n) is 14.0. The standard InChI is InChI=1S/C22H24N2/c23-20-7-3-6-18-19-13-14(8-9-21(19)24-22(18)20)10-15-11-16-4-1-2-5-17(16)12-15/h1-2,4-5,8-9,13,15,20,24H,3,6-7,10-12,23H2. The van der Waals surface area contributed by atoms with Crippen molar-refractivity contribution in [2.75, 3.05) is 0 Å². The number of aromatic nitrogens is 1. The van der Waals surface area contributed by atoms with Crippen molar-refractivity contribution in [2.24, 2.45) is 11.7 Å². The number of benzene rings is 2. The first kappa shape index (κ1) is 14.3. The molecule has 1 heterocycles. The second-order valence-electron chi connectivity index (χ2n) is 7.64. The molecule has 1 unspecified atom stereocenters. The lowest BCUT2D eigenvalue weighted by molar-refractivity contribution is 0.559. The molecule has 1 aromatic heterocycles. The molecule has 2 nitrogen and oxygen atoms in total. The molecule has 0 fully saturated rings. The SMILES string of the molecule is NC1CCCc2c1[nH]c1ccc(CC3Cc4ccccc4C3)cc21. The van der Waals surface area contributed by atoms with Gasteiger partial charge in [0.05, 0.1) is 0 Å². The minimum Gasteiger partial charge on any atom is -0.357 e. The van der Waals surface area contributed by atoms with Crippen molar-refractivity contribution in [3.8, 4) is 0 Å². The summed E-state index contributed by atoms with van der Waals surface area (Å²) >= 11 is 0. The summed E-state index contributed by atoms with van der Waals surface area (Å²) in [6.07, 6.45) is 7.11. The van der Waals surface area contributed by atoms with Gasteiger partial charge in [0, 0.05) is 22.6 Å². The highest BCUT2D eigenvalue weighted by Gasteiger charge is 2.23. The maximum absolute atomic E-state index is 6.30. The van der Waals surface area contributed by atoms with Crippen LogP contribution in [-0.2, 0) is 25.7 Å². The Balaban J connectivity index is 1.44. The predicted molar refractivity (Wildman–Crippen MR) is 99.2 cm³/mol. The summed E-state index contributed by atoms with van der Waals surface area (Å²) in [6.45, 7) is 0. The van der Waals surface area contributed by atoms with Gasteiger partial charge < -0.3 is 10.7 Å². The van der Waals surface area contributed by atoms with E-state index in [4.69, 9.17) is 5.73 Å². The second kappa shape index (κ2) is 5.49. The molecule has 24 heavy (non-hydrogen) atoms. The second-order valence-corrected chi connectivity index (χ2v) is 7.64. The van der Waals surface area contributed by atoms with Crippen LogP contribution in [0.1, 0.15) is 46.8 Å². The predicted octanol–water partition coefficient (Wildman–Crippen LogP) is 4.46. The van der Waals surface area contributed by atoms with Gasteiger partial charge in [0.25, 0.3) is 0 Å². The summed E-state index contributed by atoms with van der Waals surface area (Å²) in [5.41, 5.74) is 14.9. The Labute approximate surface area is 143 Å². The van der Waals surface area contributed by atoms with Crippen molar-refractivity contribution in [3.05, 3.63) is 70.4 Å². The Kier molecular flexibility index (Phi) is 3.27. The Morgan fingerprint density at radius 1 is 1.04 bits per heavy atom. The van der Waals surface area contributed by atoms with Gasteiger partial charge in [-0.05, 0) is 78.8 Å². The van der Waals surface area contributed by atoms with E-state index in [0.29, 0.717) is 0 Å². The number of nitrogens with one attached hydrogen (secondary N) is 1. The van der Waals surface area contributed by atoms with Crippen molar-refractivity contribution < 1.29 is 0 Å². The van der Waals surface area contributed by atoms with Crippen molar-refractivity contribution in [1.29, 1.82) is 0 Å². The first-order valence-electron chi connectivity index (χ1n) is 9.23. The average molecular weight is 316 g/mol. The molecule has 0 aliphatic heterocycles. The lowest BCUT2D eigenvalue weighted by Gasteiger charge is -2.18. The number of rotatable bonds is 2. The van der Waals surface area contributed by atoms with E-state index in [-0.39, 0.29) is 6.04 Å². The molecular formula is C22H24N2. The van der Waals surface area contributed by atoms with E-state index in [1.165, 1.54) is 59.8 Å². The van der Waals surface area contributed by atoms with Crippen LogP contribution in [0.15, 0.2) is 42.5 Å². The van der Waals surface area contributed by atoms with Crippen LogP contribution in [0.3, 0.4) is 0 Å². The van der Waals surface area contributed by atoms with E-state index in [1.807, 2.05) is 0 Å². The third-order valence-electron chi connectivity index (χ3n) is 5.98. The van der Waals surface area contributed by atoms with Crippen LogP contribution in [0.4, 0.5) is 0 Å². The highest BCUT2D eigenvalue weighted by atomic mass is 14.8. The molecule has 2 heteroatoms. The highest BCUT2D eigenvalue weighted by molar-refractivity contribution is 5.85. The van der Waals surface area contributed by atoms with Gasteiger partial charge >= 0.3 is 0 Å². The topological polar surface area (TPSA) is 41.8 Å². The van der Waals surface area contributed by atoms with Crippen LogP contribution in [0.25, 0.3) is 10.9 Å². The maximum atomic E-state index is 6.30. The monoisotopic (exact) mass is 316 g/mol. The van der Waals surface area contributed by atoms with E-state index in [0.717, 1.165) is 12.3 Å². The molecule has 2 aliphatic carbocycles. The fourth-order valence-electron chi connectivity index (χ4n) is 4.80. The van der Waals surface area contributed by atoms with Gasteiger partial charge in [-0.3, -0.25) is 0 Å². The van der Waals surface area contributed by atoms with Crippen molar-refractivity contribution in [2.45, 2.75) is 44.6 Å². The van der Waals surface area contributed by atoms with Crippen LogP contribution in [0.5, 0.6) is 0 Å². The number of fused-ring (bicyclic) bond motifs is 4. The Hall–Kier alpha value is -2.06. The first-order chi connectivity index (χ1) is 11.8. The quantitative estimate of drug-likeness (QED) is 0.720. The van der Waals surface area contributed by atoms with Gasteiger partial charge in [-0.15, -0.1) is 0 Å². The minimum atomic E-state index is 0.189. The molecule has 0 amide bonds. The maximum Gasteiger partial charge on any atom is 0.0459 e. The zero-order chi connectivity index (χ0) is 16.1. The molecule has 2 aromatic carbocycles. The number of hydrogen-bond donors (Lipinski definition) is 2. The minimum absolute atomic E-state index is 0.189. The van der Waals surface area contributed by atoms with Gasteiger partial charge in [-0.2, -0.15) is 0 Å². The zero-order valence-corrected chi connectivity index (χ0v) is 14.0. The van der Waals surface area contributed by atoms with Gasteiger partial charge in [0.1, 0.15) is 0 Å². The molecule has 0 saturated heterocycles. The number of aryl methyl sites for hydroxylation is 1. The smallest absolute Gasteiger partial charge is 0.0459 e. The number of aromatic amines is 1. The normalized spacial score (nSPS) is 20.3. The molecule has 122 valence electrons. The molecule has 0 bridgehead atoms. The summed E-state index contributed by atoms with van der Waals surface area (Å²) < 4.78 is 0. The average Bonchev–Trinajstić information content (AvgIpc) is 3.16. The van der Waals surface area contributed by atoms with Crippen LogP contribution < -0.4 is 5.73 Å². The molecule has 3 aromatic rings. The van der Waals surface area contributed by atoms with E-state index in [9.17, 15) is 0 Å². The molecule has 1 atom stereocenters. The lowest BCUT2D eigenvalue weighted by Crippen LogP contribution is -2.16. The van der Waals surface area contributed by atoms with E-state index >= 15 is 0 Å². The molecule has 0 saturated carbocycles. The number of H-pyrrole nitrogens is 1. The Morgan fingerprint density at radius 2 is 1.83 bits per heavy atom. The largest absolute Gasteiger partial charge is 0.357 e. The van der Waals surface area contributed by atoms with Crippen LogP contribution in [0, 0.1) is 5.92 Å². The van der Waals surface area contributed by atoms with Crippen molar-refractivity contribution >= 4 is 10.9 Å². The van der Waals surface area contributed by atoms with Gasteiger partial charge in [-0.1, -0.05) is 30.3 Å². The lowest BCUT2D eigenvalue weighted by atomic mass is 9.91. The highest BCUT2D eigenvalue weighted by Crippen LogP contribution is 2.35. The van der Waals surface area contributed by atoms with Gasteiger partial charge in [-0.25, -0.2) is 0 Å². The van der Waals surface area contributed by atoms with E-state index in [2.05, 4.69) is 47.4 Å². The summed E-state index contributed by atoms with van der Waals surface area (Å²) in [6, 6.07) is 16.1.